The molecule has 0 aliphatic heterocycles. The third-order valence-corrected chi connectivity index (χ3v) is 4.04. The number of hydrogen-bond acceptors (Lipinski definition) is 5. The second-order valence-electron chi connectivity index (χ2n) is 6.12. The van der Waals surface area contributed by atoms with Crippen LogP contribution in [0.2, 0.25) is 0 Å². The van der Waals surface area contributed by atoms with Crippen molar-refractivity contribution in [1.29, 1.82) is 0 Å². The summed E-state index contributed by atoms with van der Waals surface area (Å²) in [5.74, 6) is -1.56. The van der Waals surface area contributed by atoms with Crippen molar-refractivity contribution >= 4 is 17.7 Å². The molecule has 3 amide bonds. The van der Waals surface area contributed by atoms with Crippen LogP contribution >= 0.6 is 0 Å². The minimum absolute atomic E-state index is 0.0562. The summed E-state index contributed by atoms with van der Waals surface area (Å²) in [5, 5.41) is 2.71. The molecule has 2 aromatic carbocycles. The molecule has 0 aliphatic carbocycles. The number of hydrogen-bond donors (Lipinski definition) is 3. The second-order valence-corrected chi connectivity index (χ2v) is 6.12. The van der Waals surface area contributed by atoms with Crippen LogP contribution in [-0.4, -0.2) is 33.7 Å². The molecule has 1 heterocycles. The van der Waals surface area contributed by atoms with Gasteiger partial charge in [0, 0.05) is 24.4 Å². The van der Waals surface area contributed by atoms with Crippen molar-refractivity contribution in [3.8, 4) is 0 Å². The first kappa shape index (κ1) is 19.7. The first-order valence-corrected chi connectivity index (χ1v) is 8.89. The van der Waals surface area contributed by atoms with E-state index in [0.29, 0.717) is 5.56 Å². The zero-order chi connectivity index (χ0) is 20.5. The molecule has 0 saturated heterocycles. The molecular weight excluding hydrogens is 370 g/mol. The van der Waals surface area contributed by atoms with Crippen molar-refractivity contribution in [2.24, 2.45) is 0 Å². The van der Waals surface area contributed by atoms with Gasteiger partial charge in [-0.25, -0.2) is 4.98 Å². The molecule has 8 nitrogen and oxygen atoms in total. The van der Waals surface area contributed by atoms with Gasteiger partial charge in [-0.15, -0.1) is 0 Å². The first-order chi connectivity index (χ1) is 14.1. The maximum absolute atomic E-state index is 12.7. The molecule has 1 atom stereocenters. The monoisotopic (exact) mass is 389 g/mol. The van der Waals surface area contributed by atoms with Gasteiger partial charge in [0.15, 0.2) is 0 Å². The topological polar surface area (TPSA) is 113 Å². The van der Waals surface area contributed by atoms with Crippen LogP contribution in [0.25, 0.3) is 0 Å². The summed E-state index contributed by atoms with van der Waals surface area (Å²) in [6.07, 6.45) is 4.34. The van der Waals surface area contributed by atoms with E-state index in [1.165, 1.54) is 18.6 Å². The number of nitrogens with zero attached hydrogens (tertiary/aromatic N) is 2. The highest BCUT2D eigenvalue weighted by atomic mass is 16.2. The van der Waals surface area contributed by atoms with Gasteiger partial charge in [-0.2, -0.15) is 0 Å². The number of aromatic nitrogens is 2. The van der Waals surface area contributed by atoms with Gasteiger partial charge in [0.05, 0.1) is 6.20 Å². The van der Waals surface area contributed by atoms with Crippen LogP contribution in [-0.2, 0) is 11.2 Å². The quantitative estimate of drug-likeness (QED) is 0.550. The maximum Gasteiger partial charge on any atom is 0.289 e. The minimum Gasteiger partial charge on any atom is -0.340 e. The highest BCUT2D eigenvalue weighted by Crippen LogP contribution is 2.05. The maximum atomic E-state index is 12.7. The van der Waals surface area contributed by atoms with Gasteiger partial charge >= 0.3 is 0 Å². The molecule has 3 rings (SSSR count). The number of hydrazine groups is 1. The van der Waals surface area contributed by atoms with Gasteiger partial charge in [-0.05, 0) is 17.7 Å². The zero-order valence-electron chi connectivity index (χ0n) is 15.4. The Bertz CT molecular complexity index is 965. The normalized spacial score (nSPS) is 11.2. The van der Waals surface area contributed by atoms with Crippen molar-refractivity contribution < 1.29 is 14.4 Å². The van der Waals surface area contributed by atoms with Crippen molar-refractivity contribution in [2.75, 3.05) is 0 Å². The molecule has 0 bridgehead atoms. The molecule has 3 aromatic rings. The lowest BCUT2D eigenvalue weighted by molar-refractivity contribution is -0.123. The summed E-state index contributed by atoms with van der Waals surface area (Å²) in [4.78, 5) is 44.9. The molecule has 3 N–H and O–H groups in total. The van der Waals surface area contributed by atoms with E-state index in [2.05, 4.69) is 26.1 Å². The number of nitrogens with one attached hydrogen (secondary N) is 3. The Morgan fingerprint density at radius 3 is 2.17 bits per heavy atom. The molecule has 8 heteroatoms. The van der Waals surface area contributed by atoms with Crippen LogP contribution in [0.4, 0.5) is 0 Å². The van der Waals surface area contributed by atoms with E-state index >= 15 is 0 Å². The van der Waals surface area contributed by atoms with E-state index in [-0.39, 0.29) is 18.0 Å². The van der Waals surface area contributed by atoms with Crippen LogP contribution in [0, 0.1) is 0 Å². The molecule has 0 spiro atoms. The fourth-order valence-corrected chi connectivity index (χ4v) is 2.58. The average molecular weight is 389 g/mol. The Morgan fingerprint density at radius 2 is 1.52 bits per heavy atom. The van der Waals surface area contributed by atoms with Crippen LogP contribution < -0.4 is 16.2 Å². The van der Waals surface area contributed by atoms with Crippen LogP contribution in [0.3, 0.4) is 0 Å². The number of rotatable bonds is 6. The van der Waals surface area contributed by atoms with Gasteiger partial charge in [0.2, 0.25) is 0 Å². The van der Waals surface area contributed by atoms with Crippen LogP contribution in [0.5, 0.6) is 0 Å². The van der Waals surface area contributed by atoms with Crippen LogP contribution in [0.15, 0.2) is 79.3 Å². The molecule has 1 aromatic heterocycles. The molecule has 1 unspecified atom stereocenters. The summed E-state index contributed by atoms with van der Waals surface area (Å²) < 4.78 is 0. The molecular formula is C21H19N5O3. The summed E-state index contributed by atoms with van der Waals surface area (Å²) in [6, 6.07) is 17.0. The van der Waals surface area contributed by atoms with Gasteiger partial charge < -0.3 is 5.32 Å². The fraction of sp³-hybridized carbons (Fsp3) is 0.0952. The highest BCUT2D eigenvalue weighted by Gasteiger charge is 2.22. The lowest BCUT2D eigenvalue weighted by Gasteiger charge is -2.19. The summed E-state index contributed by atoms with van der Waals surface area (Å²) in [6.45, 7) is 0. The average Bonchev–Trinajstić information content (AvgIpc) is 2.78. The lowest BCUT2D eigenvalue weighted by atomic mass is 10.0. The molecule has 0 saturated carbocycles. The van der Waals surface area contributed by atoms with E-state index in [1.54, 1.807) is 30.3 Å². The Hall–Kier alpha value is -4.07. The highest BCUT2D eigenvalue weighted by molar-refractivity contribution is 5.98. The Balaban J connectivity index is 1.68. The smallest absolute Gasteiger partial charge is 0.289 e. The Kier molecular flexibility index (Phi) is 6.62. The van der Waals surface area contributed by atoms with Crippen molar-refractivity contribution in [1.82, 2.24) is 26.1 Å². The van der Waals surface area contributed by atoms with Gasteiger partial charge in [0.25, 0.3) is 17.7 Å². The lowest BCUT2D eigenvalue weighted by Crippen LogP contribution is -2.53. The summed E-state index contributed by atoms with van der Waals surface area (Å²) in [7, 11) is 0. The largest absolute Gasteiger partial charge is 0.340 e. The number of amides is 3. The molecule has 0 fully saturated rings. The molecule has 0 aliphatic rings. The van der Waals surface area contributed by atoms with Crippen molar-refractivity contribution in [2.45, 2.75) is 12.5 Å². The zero-order valence-corrected chi connectivity index (χ0v) is 15.4. The predicted molar refractivity (Wildman–Crippen MR) is 105 cm³/mol. The van der Waals surface area contributed by atoms with Gasteiger partial charge in [0.1, 0.15) is 11.7 Å². The van der Waals surface area contributed by atoms with E-state index in [4.69, 9.17) is 0 Å². The summed E-state index contributed by atoms with van der Waals surface area (Å²) in [5.41, 5.74) is 5.97. The third kappa shape index (κ3) is 5.70. The summed E-state index contributed by atoms with van der Waals surface area (Å²) >= 11 is 0. The third-order valence-electron chi connectivity index (χ3n) is 4.04. The molecule has 146 valence electrons. The number of carbonyl (C=O) groups is 3. The SMILES string of the molecule is O=C(NC(Cc1ccccc1)C(=O)NNC(=O)c1cnccn1)c1ccccc1. The Labute approximate surface area is 167 Å². The molecule has 0 radical (unpaired) electrons. The van der Waals surface area contributed by atoms with E-state index < -0.39 is 17.9 Å². The number of carbonyl (C=O) groups excluding carboxylic acids is 3. The number of benzene rings is 2. The van der Waals surface area contributed by atoms with E-state index in [0.717, 1.165) is 5.56 Å². The van der Waals surface area contributed by atoms with Crippen molar-refractivity contribution in [3.63, 3.8) is 0 Å². The fourth-order valence-electron chi connectivity index (χ4n) is 2.58. The first-order valence-electron chi connectivity index (χ1n) is 8.89. The second kappa shape index (κ2) is 9.75. The van der Waals surface area contributed by atoms with Crippen molar-refractivity contribution in [3.05, 3.63) is 96.1 Å². The minimum atomic E-state index is -0.896. The van der Waals surface area contributed by atoms with Gasteiger partial charge in [-0.1, -0.05) is 48.5 Å². The van der Waals surface area contributed by atoms with Crippen LogP contribution in [0.1, 0.15) is 26.4 Å². The predicted octanol–water partition coefficient (Wildman–Crippen LogP) is 1.28. The van der Waals surface area contributed by atoms with E-state index in [1.807, 2.05) is 30.3 Å². The van der Waals surface area contributed by atoms with E-state index in [9.17, 15) is 14.4 Å². The molecule has 29 heavy (non-hydrogen) atoms. The standard InChI is InChI=1S/C21H19N5O3/c27-19(16-9-5-2-6-10-16)24-17(13-15-7-3-1-4-8-15)20(28)25-26-21(29)18-14-22-11-12-23-18/h1-12,14,17H,13H2,(H,24,27)(H,25,28)(H,26,29). The van der Waals surface area contributed by atoms with Gasteiger partial charge in [-0.3, -0.25) is 30.2 Å². The Morgan fingerprint density at radius 1 is 0.828 bits per heavy atom.